The zero-order valence-electron chi connectivity index (χ0n) is 14.6. The Hall–Kier alpha value is -2.38. The highest BCUT2D eigenvalue weighted by Crippen LogP contribution is 2.29. The van der Waals surface area contributed by atoms with Crippen molar-refractivity contribution < 1.29 is 22.7 Å². The molecule has 134 valence electrons. The lowest BCUT2D eigenvalue weighted by Gasteiger charge is -2.19. The molecule has 0 aliphatic rings. The molecule has 0 amide bonds. The number of rotatable bonds is 6. The molecule has 1 unspecified atom stereocenters. The van der Waals surface area contributed by atoms with E-state index in [1.807, 2.05) is 13.8 Å². The van der Waals surface area contributed by atoms with Gasteiger partial charge in [-0.2, -0.15) is 4.72 Å². The van der Waals surface area contributed by atoms with Crippen LogP contribution >= 0.6 is 0 Å². The Morgan fingerprint density at radius 1 is 1.04 bits per heavy atom. The van der Waals surface area contributed by atoms with Crippen LogP contribution in [0.4, 0.5) is 0 Å². The van der Waals surface area contributed by atoms with Gasteiger partial charge in [-0.15, -0.1) is 0 Å². The zero-order valence-corrected chi connectivity index (χ0v) is 15.4. The fraction of sp³-hybridized carbons (Fsp3) is 0.278. The molecule has 0 heterocycles. The molecule has 0 radical (unpaired) electrons. The predicted octanol–water partition coefficient (Wildman–Crippen LogP) is 2.50. The second kappa shape index (κ2) is 7.67. The van der Waals surface area contributed by atoms with Crippen molar-refractivity contribution in [2.75, 3.05) is 14.2 Å². The molecule has 0 fully saturated rings. The second-order valence-corrected chi connectivity index (χ2v) is 7.26. The topological polar surface area (TPSA) is 81.7 Å². The van der Waals surface area contributed by atoms with Gasteiger partial charge in [0, 0.05) is 0 Å². The van der Waals surface area contributed by atoms with E-state index < -0.39 is 22.0 Å². The first kappa shape index (κ1) is 19.0. The van der Waals surface area contributed by atoms with E-state index in [9.17, 15) is 13.2 Å². The average molecular weight is 363 g/mol. The lowest BCUT2D eigenvalue weighted by Crippen LogP contribution is -2.34. The number of nitrogens with one attached hydrogen (secondary N) is 1. The molecule has 0 aromatic heterocycles. The summed E-state index contributed by atoms with van der Waals surface area (Å²) in [5, 5.41) is 0. The maximum Gasteiger partial charge on any atom is 0.328 e. The van der Waals surface area contributed by atoms with Crippen molar-refractivity contribution in [3.63, 3.8) is 0 Å². The molecule has 6 nitrogen and oxygen atoms in total. The van der Waals surface area contributed by atoms with Crippen LogP contribution in [0.15, 0.2) is 47.4 Å². The number of aryl methyl sites for hydroxylation is 2. The molecule has 7 heteroatoms. The summed E-state index contributed by atoms with van der Waals surface area (Å²) in [7, 11) is -1.41. The molecule has 0 spiro atoms. The highest BCUT2D eigenvalue weighted by molar-refractivity contribution is 7.89. The highest BCUT2D eigenvalue weighted by Gasteiger charge is 2.30. The summed E-state index contributed by atoms with van der Waals surface area (Å²) in [5.74, 6) is -0.482. The van der Waals surface area contributed by atoms with Crippen molar-refractivity contribution in [1.29, 1.82) is 0 Å². The van der Waals surface area contributed by atoms with E-state index in [2.05, 4.69) is 4.72 Å². The van der Waals surface area contributed by atoms with Crippen LogP contribution in [-0.2, 0) is 19.6 Å². The quantitative estimate of drug-likeness (QED) is 0.798. The van der Waals surface area contributed by atoms with Crippen molar-refractivity contribution in [1.82, 2.24) is 4.72 Å². The third-order valence-corrected chi connectivity index (χ3v) is 5.36. The van der Waals surface area contributed by atoms with Gasteiger partial charge in [-0.25, -0.2) is 13.2 Å². The number of methoxy groups -OCH3 is 2. The number of esters is 1. The van der Waals surface area contributed by atoms with Gasteiger partial charge in [-0.05, 0) is 42.7 Å². The second-order valence-electron chi connectivity index (χ2n) is 5.58. The molecule has 2 aromatic rings. The minimum absolute atomic E-state index is 0.0251. The van der Waals surface area contributed by atoms with Gasteiger partial charge in [0.1, 0.15) is 16.7 Å². The van der Waals surface area contributed by atoms with Crippen molar-refractivity contribution >= 4 is 16.0 Å². The third-order valence-electron chi connectivity index (χ3n) is 3.91. The number of benzene rings is 2. The number of carbonyl (C=O) groups is 1. The van der Waals surface area contributed by atoms with Crippen molar-refractivity contribution in [3.8, 4) is 5.75 Å². The van der Waals surface area contributed by atoms with E-state index in [4.69, 9.17) is 9.47 Å². The highest BCUT2D eigenvalue weighted by atomic mass is 32.2. The minimum Gasteiger partial charge on any atom is -0.495 e. The molecule has 1 N–H and O–H groups in total. The predicted molar refractivity (Wildman–Crippen MR) is 94.0 cm³/mol. The van der Waals surface area contributed by atoms with Crippen LogP contribution in [0, 0.1) is 13.8 Å². The Morgan fingerprint density at radius 2 is 1.64 bits per heavy atom. The van der Waals surface area contributed by atoms with E-state index in [-0.39, 0.29) is 10.6 Å². The van der Waals surface area contributed by atoms with Gasteiger partial charge >= 0.3 is 5.97 Å². The van der Waals surface area contributed by atoms with Gasteiger partial charge in [0.15, 0.2) is 0 Å². The molecule has 0 aliphatic carbocycles. The molecule has 2 aromatic carbocycles. The number of carbonyl (C=O) groups excluding carboxylic acids is 1. The van der Waals surface area contributed by atoms with Gasteiger partial charge in [0.2, 0.25) is 10.0 Å². The number of sulfonamides is 1. The Balaban J connectivity index is 2.48. The summed E-state index contributed by atoms with van der Waals surface area (Å²) in [5.41, 5.74) is 2.19. The lowest BCUT2D eigenvalue weighted by molar-refractivity contribution is -0.142. The van der Waals surface area contributed by atoms with Crippen molar-refractivity contribution in [2.45, 2.75) is 24.8 Å². The summed E-state index contributed by atoms with van der Waals surface area (Å²) in [4.78, 5) is 12.1. The lowest BCUT2D eigenvalue weighted by atomic mass is 10.1. The van der Waals surface area contributed by atoms with Crippen LogP contribution in [0.2, 0.25) is 0 Å². The van der Waals surface area contributed by atoms with Crippen LogP contribution in [-0.4, -0.2) is 28.6 Å². The first-order valence-corrected chi connectivity index (χ1v) is 9.09. The van der Waals surface area contributed by atoms with Gasteiger partial charge < -0.3 is 9.47 Å². The molecule has 25 heavy (non-hydrogen) atoms. The Kier molecular flexibility index (Phi) is 5.81. The van der Waals surface area contributed by atoms with E-state index in [0.717, 1.165) is 11.1 Å². The monoisotopic (exact) mass is 363 g/mol. The summed E-state index contributed by atoms with van der Waals surface area (Å²) < 4.78 is 38.1. The molecular weight excluding hydrogens is 342 g/mol. The summed E-state index contributed by atoms with van der Waals surface area (Å²) in [6, 6.07) is 10.5. The van der Waals surface area contributed by atoms with Crippen LogP contribution in [0.1, 0.15) is 22.7 Å². The number of hydrogen-bond acceptors (Lipinski definition) is 5. The Morgan fingerprint density at radius 3 is 2.20 bits per heavy atom. The normalized spacial score (nSPS) is 12.5. The smallest absolute Gasteiger partial charge is 0.328 e. The molecule has 0 saturated carbocycles. The minimum atomic E-state index is -4.02. The van der Waals surface area contributed by atoms with Gasteiger partial charge in [0.05, 0.1) is 14.2 Å². The molecule has 0 saturated heterocycles. The molecule has 0 aliphatic heterocycles. The van der Waals surface area contributed by atoms with Gasteiger partial charge in [-0.1, -0.05) is 30.3 Å². The maximum atomic E-state index is 12.9. The van der Waals surface area contributed by atoms with Gasteiger partial charge in [0.25, 0.3) is 0 Å². The van der Waals surface area contributed by atoms with Crippen molar-refractivity contribution in [2.24, 2.45) is 0 Å². The average Bonchev–Trinajstić information content (AvgIpc) is 2.61. The largest absolute Gasteiger partial charge is 0.495 e. The SMILES string of the molecule is COC(=O)C(NS(=O)(=O)c1cc(C)c(C)cc1OC)c1ccccc1. The standard InChI is InChI=1S/C18H21NO5S/c1-12-10-15(23-3)16(11-13(12)2)25(21,22)19-17(18(20)24-4)14-8-6-5-7-9-14/h5-11,17,19H,1-4H3. The first-order valence-electron chi connectivity index (χ1n) is 7.60. The molecular formula is C18H21NO5S. The van der Waals surface area contributed by atoms with Gasteiger partial charge in [-0.3, -0.25) is 0 Å². The van der Waals surface area contributed by atoms with E-state index in [0.29, 0.717) is 5.56 Å². The fourth-order valence-electron chi connectivity index (χ4n) is 2.37. The summed E-state index contributed by atoms with van der Waals surface area (Å²) in [6.07, 6.45) is 0. The van der Waals surface area contributed by atoms with E-state index >= 15 is 0 Å². The third kappa shape index (κ3) is 4.18. The first-order chi connectivity index (χ1) is 11.8. The summed E-state index contributed by atoms with van der Waals surface area (Å²) >= 11 is 0. The van der Waals surface area contributed by atoms with Crippen LogP contribution < -0.4 is 9.46 Å². The fourth-order valence-corrected chi connectivity index (χ4v) is 3.78. The van der Waals surface area contributed by atoms with Crippen LogP contribution in [0.3, 0.4) is 0 Å². The Labute approximate surface area is 147 Å². The van der Waals surface area contributed by atoms with E-state index in [1.54, 1.807) is 36.4 Å². The molecule has 0 bridgehead atoms. The molecule has 1 atom stereocenters. The van der Waals surface area contributed by atoms with Crippen LogP contribution in [0.5, 0.6) is 5.75 Å². The van der Waals surface area contributed by atoms with E-state index in [1.165, 1.54) is 20.3 Å². The molecule has 2 rings (SSSR count). The Bertz CT molecular complexity index is 863. The van der Waals surface area contributed by atoms with Crippen molar-refractivity contribution in [3.05, 3.63) is 59.2 Å². The number of ether oxygens (including phenoxy) is 2. The maximum absolute atomic E-state index is 12.9. The summed E-state index contributed by atoms with van der Waals surface area (Å²) in [6.45, 7) is 3.67. The zero-order chi connectivity index (χ0) is 18.6. The van der Waals surface area contributed by atoms with Crippen LogP contribution in [0.25, 0.3) is 0 Å². The number of hydrogen-bond donors (Lipinski definition) is 1.